The highest BCUT2D eigenvalue weighted by Crippen LogP contribution is 2.45. The predicted molar refractivity (Wildman–Crippen MR) is 126 cm³/mol. The fraction of sp³-hybridized carbons (Fsp3) is 0.385. The van der Waals surface area contributed by atoms with Crippen molar-refractivity contribution in [3.05, 3.63) is 59.5 Å². The summed E-state index contributed by atoms with van der Waals surface area (Å²) < 4.78 is 19.5. The normalized spacial score (nSPS) is 20.5. The molecule has 1 unspecified atom stereocenters. The number of halogens is 2. The maximum Gasteiger partial charge on any atom is 0.263 e. The molecule has 1 aliphatic heterocycles. The van der Waals surface area contributed by atoms with Crippen molar-refractivity contribution in [3.63, 3.8) is 0 Å². The van der Waals surface area contributed by atoms with E-state index < -0.39 is 11.7 Å². The number of benzene rings is 2. The number of likely N-dealkylation sites (tertiary alicyclic amines) is 1. The molecule has 0 radical (unpaired) electrons. The van der Waals surface area contributed by atoms with Crippen molar-refractivity contribution in [2.24, 2.45) is 5.92 Å². The molecule has 0 spiro atoms. The van der Waals surface area contributed by atoms with E-state index in [0.717, 1.165) is 42.2 Å². The minimum Gasteiger partial charge on any atom is -0.481 e. The number of carbonyl (C=O) groups is 1. The molecule has 172 valence electrons. The van der Waals surface area contributed by atoms with E-state index in [4.69, 9.17) is 16.3 Å². The molecule has 1 saturated heterocycles. The molecule has 1 N–H and O–H groups in total. The molecule has 1 amide bonds. The molecule has 0 bridgehead atoms. The Hall–Kier alpha value is -2.70. The molecule has 7 heteroatoms. The lowest BCUT2D eigenvalue weighted by molar-refractivity contribution is -0.141. The maximum atomic E-state index is 13.5. The fourth-order valence-corrected chi connectivity index (χ4v) is 5.08. The first-order valence-electron chi connectivity index (χ1n) is 11.4. The first-order valence-corrected chi connectivity index (χ1v) is 11.7. The van der Waals surface area contributed by atoms with Gasteiger partial charge in [0.2, 0.25) is 0 Å². The highest BCUT2D eigenvalue weighted by Gasteiger charge is 2.49. The minimum atomic E-state index is -0.648. The molecule has 33 heavy (non-hydrogen) atoms. The number of amides is 1. The molecular formula is C26H26ClFN2O3. The molecule has 5 rings (SSSR count). The van der Waals surface area contributed by atoms with Crippen molar-refractivity contribution in [1.82, 2.24) is 9.88 Å². The second-order valence-electron chi connectivity index (χ2n) is 9.15. The topological polar surface area (TPSA) is 62.7 Å². The van der Waals surface area contributed by atoms with Gasteiger partial charge in [-0.15, -0.1) is 0 Å². The zero-order chi connectivity index (χ0) is 23.2. The third kappa shape index (κ3) is 4.42. The van der Waals surface area contributed by atoms with Gasteiger partial charge in [0.05, 0.1) is 16.1 Å². The molecule has 1 aromatic heterocycles. The van der Waals surface area contributed by atoms with Crippen LogP contribution in [0.4, 0.5) is 4.39 Å². The standard InChI is InChI=1S/C26H26ClFN2O3/c1-16(25(31)30-12-2-3-17(15-30)26(32)9-10-26)33-19-5-7-22-20(8-11-29-24(22)14-19)21-6-4-18(28)13-23(21)27/h4-8,11,13-14,16-17,32H,2-3,9-10,12,15H2,1H3/t16-,17?/m1/s1. The first-order chi connectivity index (χ1) is 15.8. The molecule has 2 aromatic carbocycles. The number of hydrogen-bond acceptors (Lipinski definition) is 4. The number of fused-ring (bicyclic) bond motifs is 1. The average molecular weight is 469 g/mol. The van der Waals surface area contributed by atoms with Gasteiger partial charge in [0, 0.05) is 42.2 Å². The van der Waals surface area contributed by atoms with E-state index >= 15 is 0 Å². The summed E-state index contributed by atoms with van der Waals surface area (Å²) >= 11 is 6.27. The van der Waals surface area contributed by atoms with Crippen molar-refractivity contribution in [3.8, 4) is 16.9 Å². The lowest BCUT2D eigenvalue weighted by atomic mass is 9.90. The van der Waals surface area contributed by atoms with E-state index in [1.165, 1.54) is 12.1 Å². The van der Waals surface area contributed by atoms with Crippen LogP contribution >= 0.6 is 11.6 Å². The van der Waals surface area contributed by atoms with Gasteiger partial charge in [0.25, 0.3) is 5.91 Å². The van der Waals surface area contributed by atoms with Crippen molar-refractivity contribution in [1.29, 1.82) is 0 Å². The number of nitrogens with zero attached hydrogens (tertiary/aromatic N) is 2. The third-order valence-electron chi connectivity index (χ3n) is 6.85. The van der Waals surface area contributed by atoms with E-state index in [9.17, 15) is 14.3 Å². The summed E-state index contributed by atoms with van der Waals surface area (Å²) in [5, 5.41) is 11.6. The first kappa shape index (κ1) is 22.1. The van der Waals surface area contributed by atoms with Gasteiger partial charge in [0.1, 0.15) is 11.6 Å². The molecular weight excluding hydrogens is 443 g/mol. The smallest absolute Gasteiger partial charge is 0.263 e. The average Bonchev–Trinajstić information content (AvgIpc) is 3.57. The van der Waals surface area contributed by atoms with Crippen molar-refractivity contribution in [2.75, 3.05) is 13.1 Å². The largest absolute Gasteiger partial charge is 0.481 e. The molecule has 2 heterocycles. The van der Waals surface area contributed by atoms with Gasteiger partial charge in [0.15, 0.2) is 6.10 Å². The number of rotatable bonds is 5. The van der Waals surface area contributed by atoms with E-state index in [1.54, 1.807) is 31.3 Å². The summed E-state index contributed by atoms with van der Waals surface area (Å²) in [6.07, 6.45) is 4.56. The Balaban J connectivity index is 1.33. The molecule has 1 saturated carbocycles. The van der Waals surface area contributed by atoms with Crippen LogP contribution in [0.1, 0.15) is 32.6 Å². The molecule has 2 atom stereocenters. The van der Waals surface area contributed by atoms with Gasteiger partial charge in [-0.3, -0.25) is 9.78 Å². The Morgan fingerprint density at radius 1 is 1.24 bits per heavy atom. The van der Waals surface area contributed by atoms with Gasteiger partial charge < -0.3 is 14.7 Å². The predicted octanol–water partition coefficient (Wildman–Crippen LogP) is 5.23. The van der Waals surface area contributed by atoms with Crippen molar-refractivity contribution in [2.45, 2.75) is 44.3 Å². The van der Waals surface area contributed by atoms with E-state index in [1.807, 2.05) is 17.0 Å². The summed E-state index contributed by atoms with van der Waals surface area (Å²) in [5.74, 6) is 0.253. The Labute approximate surface area is 197 Å². The number of aromatic nitrogens is 1. The van der Waals surface area contributed by atoms with Gasteiger partial charge >= 0.3 is 0 Å². The molecule has 5 nitrogen and oxygen atoms in total. The number of aliphatic hydroxyl groups is 1. The zero-order valence-electron chi connectivity index (χ0n) is 18.4. The molecule has 2 fully saturated rings. The molecule has 2 aliphatic rings. The van der Waals surface area contributed by atoms with Crippen LogP contribution in [-0.4, -0.2) is 45.7 Å². The van der Waals surface area contributed by atoms with Crippen LogP contribution in [0, 0.1) is 11.7 Å². The van der Waals surface area contributed by atoms with Crippen LogP contribution in [0.25, 0.3) is 22.0 Å². The summed E-state index contributed by atoms with van der Waals surface area (Å²) in [6, 6.07) is 11.7. The Bertz CT molecular complexity index is 1210. The molecule has 1 aliphatic carbocycles. The Morgan fingerprint density at radius 2 is 2.06 bits per heavy atom. The lowest BCUT2D eigenvalue weighted by Gasteiger charge is -2.36. The number of ether oxygens (including phenoxy) is 1. The number of piperidine rings is 1. The fourth-order valence-electron chi connectivity index (χ4n) is 4.81. The Kier molecular flexibility index (Phi) is 5.75. The van der Waals surface area contributed by atoms with E-state index in [0.29, 0.717) is 29.4 Å². The van der Waals surface area contributed by atoms with Gasteiger partial charge in [-0.05, 0) is 74.6 Å². The van der Waals surface area contributed by atoms with Crippen LogP contribution < -0.4 is 4.74 Å². The van der Waals surface area contributed by atoms with E-state index in [2.05, 4.69) is 4.98 Å². The van der Waals surface area contributed by atoms with Crippen LogP contribution in [0.3, 0.4) is 0 Å². The second-order valence-corrected chi connectivity index (χ2v) is 9.56. The van der Waals surface area contributed by atoms with Crippen LogP contribution in [0.5, 0.6) is 5.75 Å². The highest BCUT2D eigenvalue weighted by atomic mass is 35.5. The van der Waals surface area contributed by atoms with Crippen LogP contribution in [0.15, 0.2) is 48.7 Å². The highest BCUT2D eigenvalue weighted by molar-refractivity contribution is 6.33. The molecule has 3 aromatic rings. The summed E-state index contributed by atoms with van der Waals surface area (Å²) in [6.45, 7) is 3.04. The number of pyridine rings is 1. The number of carbonyl (C=O) groups excluding carboxylic acids is 1. The lowest BCUT2D eigenvalue weighted by Crippen LogP contribution is -2.48. The summed E-state index contributed by atoms with van der Waals surface area (Å²) in [7, 11) is 0. The van der Waals surface area contributed by atoms with Gasteiger partial charge in [-0.1, -0.05) is 11.6 Å². The van der Waals surface area contributed by atoms with Gasteiger partial charge in [-0.25, -0.2) is 4.39 Å². The second kappa shape index (κ2) is 8.58. The van der Waals surface area contributed by atoms with E-state index in [-0.39, 0.29) is 17.6 Å². The minimum absolute atomic E-state index is 0.0659. The summed E-state index contributed by atoms with van der Waals surface area (Å²) in [5.41, 5.74) is 1.69. The van der Waals surface area contributed by atoms with Crippen LogP contribution in [-0.2, 0) is 4.79 Å². The van der Waals surface area contributed by atoms with Crippen molar-refractivity contribution < 1.29 is 19.0 Å². The van der Waals surface area contributed by atoms with Crippen LogP contribution in [0.2, 0.25) is 5.02 Å². The van der Waals surface area contributed by atoms with Crippen molar-refractivity contribution >= 4 is 28.4 Å². The quantitative estimate of drug-likeness (QED) is 0.557. The Morgan fingerprint density at radius 3 is 2.82 bits per heavy atom. The van der Waals surface area contributed by atoms with Gasteiger partial charge in [-0.2, -0.15) is 0 Å². The monoisotopic (exact) mass is 468 g/mol. The third-order valence-corrected chi connectivity index (χ3v) is 7.16. The zero-order valence-corrected chi connectivity index (χ0v) is 19.2. The SMILES string of the molecule is C[C@@H](Oc1ccc2c(-c3ccc(F)cc3Cl)ccnc2c1)C(=O)N1CCCC(C2(O)CC2)C1. The number of hydrogen-bond donors (Lipinski definition) is 1. The maximum absolute atomic E-state index is 13.5. The summed E-state index contributed by atoms with van der Waals surface area (Å²) in [4.78, 5) is 19.3.